The van der Waals surface area contributed by atoms with Crippen LogP contribution in [-0.2, 0) is 0 Å². The smallest absolute Gasteiger partial charge is 0.0200 e. The Balaban J connectivity index is 2.12. The first-order chi connectivity index (χ1) is 8.82. The van der Waals surface area contributed by atoms with Crippen molar-refractivity contribution in [3.05, 3.63) is 0 Å². The van der Waals surface area contributed by atoms with Gasteiger partial charge >= 0.3 is 0 Å². The Hall–Kier alpha value is -0.0800. The van der Waals surface area contributed by atoms with E-state index in [1.54, 1.807) is 0 Å². The van der Waals surface area contributed by atoms with Crippen LogP contribution < -0.4 is 5.32 Å². The second-order valence-electron chi connectivity index (χ2n) is 8.24. The fraction of sp³-hybridized carbons (Fsp3) is 1.00. The minimum absolute atomic E-state index is 0.378. The molecule has 0 aliphatic carbocycles. The van der Waals surface area contributed by atoms with Crippen molar-refractivity contribution in [2.24, 2.45) is 23.7 Å². The third-order valence-corrected chi connectivity index (χ3v) is 5.35. The number of nitrogens with one attached hydrogen (secondary N) is 1. The number of hydrogen-bond acceptors (Lipinski definition) is 2. The van der Waals surface area contributed by atoms with E-state index in [4.69, 9.17) is 0 Å². The van der Waals surface area contributed by atoms with E-state index in [1.165, 1.54) is 32.5 Å². The molecule has 2 rings (SSSR count). The molecule has 0 aromatic heterocycles. The Labute approximate surface area is 120 Å². The fourth-order valence-electron chi connectivity index (χ4n) is 4.51. The monoisotopic (exact) mass is 266 g/mol. The molecule has 2 aliphatic heterocycles. The summed E-state index contributed by atoms with van der Waals surface area (Å²) in [4.78, 5) is 2.86. The van der Waals surface area contributed by atoms with Crippen LogP contribution in [-0.4, -0.2) is 36.1 Å². The van der Waals surface area contributed by atoms with Gasteiger partial charge in [-0.25, -0.2) is 0 Å². The van der Waals surface area contributed by atoms with Gasteiger partial charge in [0.15, 0.2) is 0 Å². The van der Waals surface area contributed by atoms with Crippen LogP contribution in [0.25, 0.3) is 0 Å². The van der Waals surface area contributed by atoms with Crippen LogP contribution in [0.15, 0.2) is 0 Å². The number of hydrogen-bond donors (Lipinski definition) is 1. The lowest BCUT2D eigenvalue weighted by Gasteiger charge is -2.42. The van der Waals surface area contributed by atoms with Crippen LogP contribution in [0.4, 0.5) is 0 Å². The molecule has 0 saturated carbocycles. The zero-order valence-corrected chi connectivity index (χ0v) is 13.9. The number of likely N-dealkylation sites (tertiary alicyclic amines) is 1. The summed E-state index contributed by atoms with van der Waals surface area (Å²) >= 11 is 0. The highest BCUT2D eigenvalue weighted by Gasteiger charge is 2.51. The average molecular weight is 266 g/mol. The summed E-state index contributed by atoms with van der Waals surface area (Å²) in [5.74, 6) is 3.35. The first kappa shape index (κ1) is 15.3. The summed E-state index contributed by atoms with van der Waals surface area (Å²) < 4.78 is 0. The maximum Gasteiger partial charge on any atom is 0.0200 e. The molecule has 2 unspecified atom stereocenters. The predicted octanol–water partition coefficient (Wildman–Crippen LogP) is 3.38. The van der Waals surface area contributed by atoms with E-state index in [9.17, 15) is 0 Å². The molecule has 2 fully saturated rings. The van der Waals surface area contributed by atoms with Crippen molar-refractivity contribution in [3.63, 3.8) is 0 Å². The number of fused-ring (bicyclic) bond motifs is 1. The van der Waals surface area contributed by atoms with Gasteiger partial charge in [0.25, 0.3) is 0 Å². The van der Waals surface area contributed by atoms with Gasteiger partial charge in [0.2, 0.25) is 0 Å². The molecule has 0 amide bonds. The molecule has 1 N–H and O–H groups in total. The zero-order chi connectivity index (χ0) is 14.2. The van der Waals surface area contributed by atoms with E-state index in [-0.39, 0.29) is 0 Å². The average Bonchev–Trinajstić information content (AvgIpc) is 2.79. The zero-order valence-electron chi connectivity index (χ0n) is 13.9. The maximum atomic E-state index is 3.59. The Kier molecular flexibility index (Phi) is 4.62. The Morgan fingerprint density at radius 3 is 2.11 bits per heavy atom. The molecule has 0 radical (unpaired) electrons. The minimum atomic E-state index is 0.378. The lowest BCUT2D eigenvalue weighted by molar-refractivity contribution is 0.0657. The topological polar surface area (TPSA) is 15.3 Å². The van der Waals surface area contributed by atoms with Crippen LogP contribution in [0.2, 0.25) is 0 Å². The molecule has 0 aromatic carbocycles. The van der Waals surface area contributed by atoms with Crippen molar-refractivity contribution in [1.82, 2.24) is 10.2 Å². The highest BCUT2D eigenvalue weighted by Crippen LogP contribution is 2.43. The molecule has 2 saturated heterocycles. The normalized spacial score (nSPS) is 30.8. The van der Waals surface area contributed by atoms with Gasteiger partial charge in [0, 0.05) is 24.7 Å². The first-order valence-electron chi connectivity index (χ1n) is 8.29. The lowest BCUT2D eigenvalue weighted by Crippen LogP contribution is -2.50. The summed E-state index contributed by atoms with van der Waals surface area (Å²) in [6, 6.07) is 0.778. The highest BCUT2D eigenvalue weighted by atomic mass is 15.3. The highest BCUT2D eigenvalue weighted by molar-refractivity contribution is 5.06. The van der Waals surface area contributed by atoms with Crippen molar-refractivity contribution in [1.29, 1.82) is 0 Å². The second-order valence-corrected chi connectivity index (χ2v) is 8.24. The van der Waals surface area contributed by atoms with E-state index in [0.29, 0.717) is 5.54 Å². The molecule has 0 spiro atoms. The molecule has 2 nitrogen and oxygen atoms in total. The van der Waals surface area contributed by atoms with Gasteiger partial charge in [-0.1, -0.05) is 27.7 Å². The largest absolute Gasteiger partial charge is 0.316 e. The van der Waals surface area contributed by atoms with Crippen LogP contribution >= 0.6 is 0 Å². The molecule has 2 heteroatoms. The summed E-state index contributed by atoms with van der Waals surface area (Å²) in [6.45, 7) is 18.2. The molecule has 0 bridgehead atoms. The standard InChI is InChI=1S/C17H34N2/c1-12(2)7-15(8-13(3)4)19-11-14-9-18-10-16(14)17(19,5)6/h12-16,18H,7-11H2,1-6H3. The van der Waals surface area contributed by atoms with Gasteiger partial charge in [-0.05, 0) is 56.9 Å². The van der Waals surface area contributed by atoms with Crippen LogP contribution in [0, 0.1) is 23.7 Å². The van der Waals surface area contributed by atoms with Crippen LogP contribution in [0.1, 0.15) is 54.4 Å². The quantitative estimate of drug-likeness (QED) is 0.820. The van der Waals surface area contributed by atoms with Gasteiger partial charge in [-0.15, -0.1) is 0 Å². The van der Waals surface area contributed by atoms with Crippen molar-refractivity contribution >= 4 is 0 Å². The first-order valence-corrected chi connectivity index (χ1v) is 8.29. The summed E-state index contributed by atoms with van der Waals surface area (Å²) in [5.41, 5.74) is 0.378. The Morgan fingerprint density at radius 1 is 1.05 bits per heavy atom. The number of rotatable bonds is 5. The molecule has 112 valence electrons. The molecule has 2 heterocycles. The molecular formula is C17H34N2. The van der Waals surface area contributed by atoms with Crippen molar-refractivity contribution < 1.29 is 0 Å². The van der Waals surface area contributed by atoms with Gasteiger partial charge in [-0.2, -0.15) is 0 Å². The summed E-state index contributed by atoms with van der Waals surface area (Å²) in [6.07, 6.45) is 2.71. The van der Waals surface area contributed by atoms with Crippen LogP contribution in [0.5, 0.6) is 0 Å². The molecular weight excluding hydrogens is 232 g/mol. The summed E-state index contributed by atoms with van der Waals surface area (Å²) in [5, 5.41) is 3.59. The SMILES string of the molecule is CC(C)CC(CC(C)C)N1CC2CNCC2C1(C)C. The Bertz CT molecular complexity index is 286. The van der Waals surface area contributed by atoms with E-state index in [1.807, 2.05) is 0 Å². The van der Waals surface area contributed by atoms with Gasteiger partial charge in [0.1, 0.15) is 0 Å². The molecule has 2 atom stereocenters. The van der Waals surface area contributed by atoms with E-state index in [2.05, 4.69) is 51.8 Å². The third kappa shape index (κ3) is 3.16. The van der Waals surface area contributed by atoms with Crippen molar-refractivity contribution in [2.75, 3.05) is 19.6 Å². The maximum absolute atomic E-state index is 3.59. The number of nitrogens with zero attached hydrogens (tertiary/aromatic N) is 1. The molecule has 2 aliphatic rings. The summed E-state index contributed by atoms with van der Waals surface area (Å²) in [7, 11) is 0. The van der Waals surface area contributed by atoms with Gasteiger partial charge < -0.3 is 5.32 Å². The Morgan fingerprint density at radius 2 is 1.63 bits per heavy atom. The predicted molar refractivity (Wildman–Crippen MR) is 83.3 cm³/mol. The lowest BCUT2D eigenvalue weighted by atomic mass is 9.83. The van der Waals surface area contributed by atoms with E-state index < -0.39 is 0 Å². The fourth-order valence-corrected chi connectivity index (χ4v) is 4.51. The van der Waals surface area contributed by atoms with Gasteiger partial charge in [0.05, 0.1) is 0 Å². The third-order valence-electron chi connectivity index (χ3n) is 5.35. The van der Waals surface area contributed by atoms with Crippen molar-refractivity contribution in [3.8, 4) is 0 Å². The van der Waals surface area contributed by atoms with E-state index in [0.717, 1.165) is 29.7 Å². The van der Waals surface area contributed by atoms with E-state index >= 15 is 0 Å². The second kappa shape index (κ2) is 5.73. The van der Waals surface area contributed by atoms with Crippen molar-refractivity contribution in [2.45, 2.75) is 66.0 Å². The minimum Gasteiger partial charge on any atom is -0.316 e. The molecule has 0 aromatic rings. The van der Waals surface area contributed by atoms with Crippen LogP contribution in [0.3, 0.4) is 0 Å². The van der Waals surface area contributed by atoms with Gasteiger partial charge in [-0.3, -0.25) is 4.90 Å². The molecule has 19 heavy (non-hydrogen) atoms.